The van der Waals surface area contributed by atoms with Crippen molar-refractivity contribution in [2.75, 3.05) is 26.2 Å². The minimum atomic E-state index is 0. The topological polar surface area (TPSA) is 58.1 Å². The van der Waals surface area contributed by atoms with E-state index in [0.29, 0.717) is 11.6 Å². The molecule has 1 aromatic carbocycles. The second kappa shape index (κ2) is 9.77. The number of likely N-dealkylation sites (tertiary alicyclic amines) is 1. The molecule has 0 spiro atoms. The molecule has 0 radical (unpaired) electrons. The van der Waals surface area contributed by atoms with E-state index in [2.05, 4.69) is 22.2 Å². The quantitative estimate of drug-likeness (QED) is 0.898. The highest BCUT2D eigenvalue weighted by Gasteiger charge is 2.24. The molecule has 3 rings (SSSR count). The monoisotopic (exact) mass is 370 g/mol. The number of hydrogen-bond donors (Lipinski definition) is 1. The second-order valence-corrected chi connectivity index (χ2v) is 5.79. The number of amides is 1. The molecule has 1 aliphatic rings. The summed E-state index contributed by atoms with van der Waals surface area (Å²) in [5.41, 5.74) is 2.04. The van der Waals surface area contributed by atoms with Gasteiger partial charge in [-0.15, -0.1) is 24.8 Å². The van der Waals surface area contributed by atoms with E-state index in [4.69, 9.17) is 0 Å². The molecule has 24 heavy (non-hydrogen) atoms. The summed E-state index contributed by atoms with van der Waals surface area (Å²) in [6.45, 7) is 5.80. The predicted octanol–water partition coefficient (Wildman–Crippen LogP) is 2.94. The van der Waals surface area contributed by atoms with Crippen molar-refractivity contribution < 1.29 is 4.79 Å². The number of para-hydroxylation sites is 2. The fraction of sp³-hybridized carbons (Fsp3) is 0.471. The number of carbonyl (C=O) groups excluding carboxylic acids is 1. The lowest BCUT2D eigenvalue weighted by Crippen LogP contribution is -2.41. The van der Waals surface area contributed by atoms with Gasteiger partial charge in [0.1, 0.15) is 5.69 Å². The van der Waals surface area contributed by atoms with E-state index < -0.39 is 0 Å². The van der Waals surface area contributed by atoms with Crippen molar-refractivity contribution >= 4 is 41.8 Å². The van der Waals surface area contributed by atoms with Crippen molar-refractivity contribution in [1.82, 2.24) is 20.2 Å². The van der Waals surface area contributed by atoms with E-state index >= 15 is 0 Å². The number of aromatic nitrogens is 2. The number of nitrogens with zero attached hydrogens (tertiary/aromatic N) is 3. The van der Waals surface area contributed by atoms with E-state index in [-0.39, 0.29) is 30.7 Å². The number of rotatable bonds is 4. The van der Waals surface area contributed by atoms with Gasteiger partial charge in [0.25, 0.3) is 5.91 Å². The van der Waals surface area contributed by atoms with E-state index in [1.807, 2.05) is 29.2 Å². The molecule has 5 nitrogen and oxygen atoms in total. The smallest absolute Gasteiger partial charge is 0.274 e. The Morgan fingerprint density at radius 2 is 1.88 bits per heavy atom. The van der Waals surface area contributed by atoms with Gasteiger partial charge in [-0.3, -0.25) is 9.78 Å². The Morgan fingerprint density at radius 3 is 2.54 bits per heavy atom. The first kappa shape index (κ1) is 20.6. The highest BCUT2D eigenvalue weighted by molar-refractivity contribution is 5.93. The van der Waals surface area contributed by atoms with Crippen molar-refractivity contribution in [1.29, 1.82) is 0 Å². The zero-order valence-electron chi connectivity index (χ0n) is 13.8. The van der Waals surface area contributed by atoms with Crippen LogP contribution in [0.5, 0.6) is 0 Å². The van der Waals surface area contributed by atoms with Gasteiger partial charge in [0.15, 0.2) is 0 Å². The molecule has 2 aromatic rings. The maximum Gasteiger partial charge on any atom is 0.274 e. The second-order valence-electron chi connectivity index (χ2n) is 5.79. The predicted molar refractivity (Wildman–Crippen MR) is 101 cm³/mol. The summed E-state index contributed by atoms with van der Waals surface area (Å²) in [5.74, 6) is 0.673. The van der Waals surface area contributed by atoms with Crippen molar-refractivity contribution in [3.8, 4) is 0 Å². The lowest BCUT2D eigenvalue weighted by molar-refractivity contribution is 0.0684. The summed E-state index contributed by atoms with van der Waals surface area (Å²) >= 11 is 0. The minimum Gasteiger partial charge on any atom is -0.337 e. The third kappa shape index (κ3) is 4.79. The molecule has 7 heteroatoms. The molecule has 1 fully saturated rings. The van der Waals surface area contributed by atoms with Crippen molar-refractivity contribution in [2.24, 2.45) is 5.92 Å². The van der Waals surface area contributed by atoms with Crippen LogP contribution in [0.1, 0.15) is 30.3 Å². The first-order valence-corrected chi connectivity index (χ1v) is 7.99. The summed E-state index contributed by atoms with van der Waals surface area (Å²) in [7, 11) is 0. The molecule has 0 saturated carbocycles. The van der Waals surface area contributed by atoms with Gasteiger partial charge in [0.2, 0.25) is 0 Å². The Balaban J connectivity index is 0.00000144. The maximum atomic E-state index is 12.6. The number of benzene rings is 1. The Hall–Kier alpha value is -1.43. The first-order valence-electron chi connectivity index (χ1n) is 7.99. The van der Waals surface area contributed by atoms with Gasteiger partial charge >= 0.3 is 0 Å². The average molecular weight is 371 g/mol. The van der Waals surface area contributed by atoms with Crippen LogP contribution in [0.15, 0.2) is 30.5 Å². The fourth-order valence-corrected chi connectivity index (χ4v) is 2.91. The number of fused-ring (bicyclic) bond motifs is 1. The van der Waals surface area contributed by atoms with Gasteiger partial charge in [-0.25, -0.2) is 4.98 Å². The number of piperidine rings is 1. The Bertz CT molecular complexity index is 660. The van der Waals surface area contributed by atoms with Crippen LogP contribution in [-0.2, 0) is 0 Å². The van der Waals surface area contributed by atoms with Crippen LogP contribution in [0, 0.1) is 5.92 Å². The molecule has 0 atom stereocenters. The molecule has 2 heterocycles. The molecule has 0 unspecified atom stereocenters. The molecule has 1 aliphatic heterocycles. The van der Waals surface area contributed by atoms with Gasteiger partial charge in [0.05, 0.1) is 17.2 Å². The third-order valence-electron chi connectivity index (χ3n) is 4.25. The van der Waals surface area contributed by atoms with Crippen LogP contribution in [0.3, 0.4) is 0 Å². The normalized spacial score (nSPS) is 14.8. The molecular formula is C17H24Cl2N4O. The average Bonchev–Trinajstić information content (AvgIpc) is 2.59. The highest BCUT2D eigenvalue weighted by atomic mass is 35.5. The van der Waals surface area contributed by atoms with E-state index in [0.717, 1.165) is 50.1 Å². The summed E-state index contributed by atoms with van der Waals surface area (Å²) in [6.07, 6.45) is 3.70. The summed E-state index contributed by atoms with van der Waals surface area (Å²) in [5, 5.41) is 3.39. The Morgan fingerprint density at radius 1 is 1.21 bits per heavy atom. The van der Waals surface area contributed by atoms with Gasteiger partial charge < -0.3 is 10.2 Å². The van der Waals surface area contributed by atoms with Crippen LogP contribution < -0.4 is 5.32 Å². The molecule has 1 amide bonds. The fourth-order valence-electron chi connectivity index (χ4n) is 2.91. The molecule has 1 aromatic heterocycles. The standard InChI is InChI=1S/C17H22N4O.2ClH/c1-2-18-11-13-7-9-21(10-8-13)17(22)16-12-19-14-5-3-4-6-15(14)20-16;;/h3-6,12-13,18H,2,7-11H2,1H3;2*1H. The largest absolute Gasteiger partial charge is 0.337 e. The number of carbonyl (C=O) groups is 1. The van der Waals surface area contributed by atoms with Crippen LogP contribution in [-0.4, -0.2) is 47.0 Å². The van der Waals surface area contributed by atoms with Crippen molar-refractivity contribution in [2.45, 2.75) is 19.8 Å². The minimum absolute atomic E-state index is 0. The molecule has 1 saturated heterocycles. The van der Waals surface area contributed by atoms with Crippen LogP contribution in [0.2, 0.25) is 0 Å². The van der Waals surface area contributed by atoms with Crippen molar-refractivity contribution in [3.63, 3.8) is 0 Å². The molecule has 0 aliphatic carbocycles. The zero-order valence-corrected chi connectivity index (χ0v) is 15.4. The Kier molecular flexibility index (Phi) is 8.39. The van der Waals surface area contributed by atoms with Crippen LogP contribution in [0.25, 0.3) is 11.0 Å². The van der Waals surface area contributed by atoms with Crippen LogP contribution >= 0.6 is 24.8 Å². The Labute approximate surface area is 155 Å². The summed E-state index contributed by atoms with van der Waals surface area (Å²) in [6, 6.07) is 7.63. The van der Waals surface area contributed by atoms with Gasteiger partial charge in [-0.05, 0) is 44.0 Å². The molecule has 1 N–H and O–H groups in total. The van der Waals surface area contributed by atoms with Crippen LogP contribution in [0.4, 0.5) is 0 Å². The first-order chi connectivity index (χ1) is 10.8. The lowest BCUT2D eigenvalue weighted by Gasteiger charge is -2.31. The lowest BCUT2D eigenvalue weighted by atomic mass is 9.96. The van der Waals surface area contributed by atoms with Gasteiger partial charge in [0, 0.05) is 13.1 Å². The van der Waals surface area contributed by atoms with E-state index in [1.54, 1.807) is 6.20 Å². The van der Waals surface area contributed by atoms with Gasteiger partial charge in [-0.2, -0.15) is 0 Å². The molecule has 0 bridgehead atoms. The summed E-state index contributed by atoms with van der Waals surface area (Å²) in [4.78, 5) is 23.3. The molecule has 132 valence electrons. The van der Waals surface area contributed by atoms with E-state index in [1.165, 1.54) is 0 Å². The zero-order chi connectivity index (χ0) is 15.4. The van der Waals surface area contributed by atoms with Gasteiger partial charge in [-0.1, -0.05) is 19.1 Å². The summed E-state index contributed by atoms with van der Waals surface area (Å²) < 4.78 is 0. The number of halogens is 2. The third-order valence-corrected chi connectivity index (χ3v) is 4.25. The van der Waals surface area contributed by atoms with Crippen molar-refractivity contribution in [3.05, 3.63) is 36.2 Å². The number of hydrogen-bond acceptors (Lipinski definition) is 4. The SMILES string of the molecule is CCNCC1CCN(C(=O)c2cnc3ccccc3n2)CC1.Cl.Cl. The molecular weight excluding hydrogens is 347 g/mol. The number of nitrogens with one attached hydrogen (secondary N) is 1. The van der Waals surface area contributed by atoms with E-state index in [9.17, 15) is 4.79 Å². The highest BCUT2D eigenvalue weighted by Crippen LogP contribution is 2.18. The maximum absolute atomic E-state index is 12.6.